The standard InChI is InChI=1S/C15H13ClN2O3/c1-9-7-10(15(20)21-2)3-4-13(9)18-14(19)11-5-6-17-8-12(11)16/h3-8H,1-2H3,(H,18,19). The Bertz CT molecular complexity index is 701. The maximum absolute atomic E-state index is 12.1. The van der Waals surface area contributed by atoms with E-state index in [4.69, 9.17) is 11.6 Å². The maximum Gasteiger partial charge on any atom is 0.337 e. The summed E-state index contributed by atoms with van der Waals surface area (Å²) in [5.41, 5.74) is 2.11. The molecular weight excluding hydrogens is 292 g/mol. The van der Waals surface area contributed by atoms with Gasteiger partial charge in [-0.2, -0.15) is 0 Å². The highest BCUT2D eigenvalue weighted by atomic mass is 35.5. The van der Waals surface area contributed by atoms with E-state index in [0.717, 1.165) is 5.56 Å². The van der Waals surface area contributed by atoms with E-state index in [1.165, 1.54) is 25.6 Å². The van der Waals surface area contributed by atoms with E-state index in [9.17, 15) is 9.59 Å². The van der Waals surface area contributed by atoms with Gasteiger partial charge in [0.15, 0.2) is 0 Å². The van der Waals surface area contributed by atoms with Crippen molar-refractivity contribution in [2.45, 2.75) is 6.92 Å². The van der Waals surface area contributed by atoms with E-state index < -0.39 is 5.97 Å². The second-order valence-corrected chi connectivity index (χ2v) is 4.74. The molecule has 0 unspecified atom stereocenters. The number of ether oxygens (including phenoxy) is 1. The number of amides is 1. The molecule has 0 fully saturated rings. The molecule has 2 aromatic rings. The SMILES string of the molecule is COC(=O)c1ccc(NC(=O)c2ccncc2Cl)c(C)c1. The number of carbonyl (C=O) groups excluding carboxylic acids is 2. The molecule has 0 spiro atoms. The number of rotatable bonds is 3. The van der Waals surface area contributed by atoms with Crippen molar-refractivity contribution in [3.63, 3.8) is 0 Å². The van der Waals surface area contributed by atoms with Crippen LogP contribution in [-0.2, 0) is 4.74 Å². The van der Waals surface area contributed by atoms with Crippen molar-refractivity contribution in [3.8, 4) is 0 Å². The Morgan fingerprint density at radius 3 is 2.67 bits per heavy atom. The Morgan fingerprint density at radius 1 is 1.29 bits per heavy atom. The van der Waals surface area contributed by atoms with E-state index in [0.29, 0.717) is 16.8 Å². The first-order valence-electron chi connectivity index (χ1n) is 6.12. The number of halogens is 1. The fraction of sp³-hybridized carbons (Fsp3) is 0.133. The summed E-state index contributed by atoms with van der Waals surface area (Å²) in [5, 5.41) is 3.02. The molecule has 0 aliphatic rings. The minimum Gasteiger partial charge on any atom is -0.465 e. The maximum atomic E-state index is 12.1. The van der Waals surface area contributed by atoms with Crippen LogP contribution < -0.4 is 5.32 Å². The third kappa shape index (κ3) is 3.38. The summed E-state index contributed by atoms with van der Waals surface area (Å²) in [4.78, 5) is 27.4. The van der Waals surface area contributed by atoms with Crippen molar-refractivity contribution in [2.24, 2.45) is 0 Å². The number of aryl methyl sites for hydroxylation is 1. The van der Waals surface area contributed by atoms with Gasteiger partial charge in [-0.1, -0.05) is 11.6 Å². The van der Waals surface area contributed by atoms with Gasteiger partial charge >= 0.3 is 5.97 Å². The second-order valence-electron chi connectivity index (χ2n) is 4.33. The quantitative estimate of drug-likeness (QED) is 0.885. The third-order valence-corrected chi connectivity index (χ3v) is 3.21. The molecule has 0 saturated carbocycles. The molecule has 0 atom stereocenters. The summed E-state index contributed by atoms with van der Waals surface area (Å²) >= 11 is 5.93. The van der Waals surface area contributed by atoms with Crippen LogP contribution in [-0.4, -0.2) is 24.0 Å². The van der Waals surface area contributed by atoms with Gasteiger partial charge in [0, 0.05) is 18.1 Å². The van der Waals surface area contributed by atoms with Crippen LogP contribution in [0.15, 0.2) is 36.7 Å². The van der Waals surface area contributed by atoms with Crippen LogP contribution in [0.4, 0.5) is 5.69 Å². The normalized spacial score (nSPS) is 10.0. The zero-order valence-electron chi connectivity index (χ0n) is 11.5. The van der Waals surface area contributed by atoms with Gasteiger partial charge in [0.05, 0.1) is 23.3 Å². The lowest BCUT2D eigenvalue weighted by Crippen LogP contribution is -2.14. The van der Waals surface area contributed by atoms with Gasteiger partial charge in [-0.25, -0.2) is 4.79 Å². The number of nitrogens with zero attached hydrogens (tertiary/aromatic N) is 1. The predicted molar refractivity (Wildman–Crippen MR) is 79.7 cm³/mol. The third-order valence-electron chi connectivity index (χ3n) is 2.91. The first kappa shape index (κ1) is 15.0. The molecule has 1 aromatic carbocycles. The van der Waals surface area contributed by atoms with Crippen molar-refractivity contribution in [1.29, 1.82) is 0 Å². The first-order chi connectivity index (χ1) is 10.0. The minimum absolute atomic E-state index is 0.277. The van der Waals surface area contributed by atoms with Crippen molar-refractivity contribution in [2.75, 3.05) is 12.4 Å². The van der Waals surface area contributed by atoms with Crippen LogP contribution >= 0.6 is 11.6 Å². The molecule has 5 nitrogen and oxygen atoms in total. The van der Waals surface area contributed by atoms with Crippen LogP contribution in [0.5, 0.6) is 0 Å². The molecule has 108 valence electrons. The van der Waals surface area contributed by atoms with Gasteiger partial charge < -0.3 is 10.1 Å². The number of pyridine rings is 1. The molecule has 2 rings (SSSR count). The number of nitrogens with one attached hydrogen (secondary N) is 1. The molecule has 0 saturated heterocycles. The molecule has 0 bridgehead atoms. The van der Waals surface area contributed by atoms with E-state index in [1.54, 1.807) is 25.1 Å². The summed E-state index contributed by atoms with van der Waals surface area (Å²) in [6, 6.07) is 6.42. The summed E-state index contributed by atoms with van der Waals surface area (Å²) < 4.78 is 4.65. The summed E-state index contributed by atoms with van der Waals surface area (Å²) in [6.45, 7) is 1.79. The number of methoxy groups -OCH3 is 1. The molecule has 1 amide bonds. The molecule has 6 heteroatoms. The lowest BCUT2D eigenvalue weighted by Gasteiger charge is -2.10. The number of anilines is 1. The van der Waals surface area contributed by atoms with Crippen molar-refractivity contribution < 1.29 is 14.3 Å². The van der Waals surface area contributed by atoms with Crippen molar-refractivity contribution in [1.82, 2.24) is 4.98 Å². The van der Waals surface area contributed by atoms with E-state index in [1.807, 2.05) is 0 Å². The molecular formula is C15H13ClN2O3. The first-order valence-corrected chi connectivity index (χ1v) is 6.50. The number of benzene rings is 1. The lowest BCUT2D eigenvalue weighted by molar-refractivity contribution is 0.0600. The fourth-order valence-corrected chi connectivity index (χ4v) is 2.00. The van der Waals surface area contributed by atoms with Gasteiger partial charge in [-0.05, 0) is 36.8 Å². The molecule has 0 radical (unpaired) electrons. The summed E-state index contributed by atoms with van der Waals surface area (Å²) in [7, 11) is 1.32. The van der Waals surface area contributed by atoms with Gasteiger partial charge in [0.2, 0.25) is 0 Å². The Morgan fingerprint density at radius 2 is 2.05 bits per heavy atom. The Kier molecular flexibility index (Phi) is 4.55. The zero-order valence-corrected chi connectivity index (χ0v) is 12.3. The Hall–Kier alpha value is -2.40. The highest BCUT2D eigenvalue weighted by molar-refractivity contribution is 6.34. The monoisotopic (exact) mass is 304 g/mol. The number of aromatic nitrogens is 1. The van der Waals surface area contributed by atoms with Gasteiger partial charge in [0.1, 0.15) is 0 Å². The molecule has 0 aliphatic heterocycles. The van der Waals surface area contributed by atoms with Gasteiger partial charge in [-0.3, -0.25) is 9.78 Å². The number of carbonyl (C=O) groups is 2. The van der Waals surface area contributed by atoms with Gasteiger partial charge in [-0.15, -0.1) is 0 Å². The Balaban J connectivity index is 2.22. The molecule has 0 aliphatic carbocycles. The van der Waals surface area contributed by atoms with Crippen molar-refractivity contribution in [3.05, 3.63) is 58.4 Å². The van der Waals surface area contributed by atoms with E-state index in [-0.39, 0.29) is 10.9 Å². The summed E-state index contributed by atoms with van der Waals surface area (Å²) in [5.74, 6) is -0.760. The van der Waals surface area contributed by atoms with Crippen LogP contribution in [0.3, 0.4) is 0 Å². The minimum atomic E-state index is -0.423. The lowest BCUT2D eigenvalue weighted by atomic mass is 10.1. The molecule has 1 aromatic heterocycles. The van der Waals surface area contributed by atoms with Crippen LogP contribution in [0, 0.1) is 6.92 Å². The number of esters is 1. The second kappa shape index (κ2) is 6.37. The van der Waals surface area contributed by atoms with Crippen LogP contribution in [0.2, 0.25) is 5.02 Å². The Labute approximate surface area is 126 Å². The molecule has 21 heavy (non-hydrogen) atoms. The van der Waals surface area contributed by atoms with E-state index in [2.05, 4.69) is 15.0 Å². The number of hydrogen-bond acceptors (Lipinski definition) is 4. The van der Waals surface area contributed by atoms with Crippen LogP contribution in [0.1, 0.15) is 26.3 Å². The topological polar surface area (TPSA) is 68.3 Å². The smallest absolute Gasteiger partial charge is 0.337 e. The summed E-state index contributed by atoms with van der Waals surface area (Å²) in [6.07, 6.45) is 2.90. The highest BCUT2D eigenvalue weighted by Gasteiger charge is 2.13. The average Bonchev–Trinajstić information content (AvgIpc) is 2.48. The van der Waals surface area contributed by atoms with Crippen LogP contribution in [0.25, 0.3) is 0 Å². The molecule has 1 heterocycles. The van der Waals surface area contributed by atoms with E-state index >= 15 is 0 Å². The number of hydrogen-bond donors (Lipinski definition) is 1. The van der Waals surface area contributed by atoms with Crippen molar-refractivity contribution >= 4 is 29.2 Å². The van der Waals surface area contributed by atoms with Gasteiger partial charge in [0.25, 0.3) is 5.91 Å². The fourth-order valence-electron chi connectivity index (χ4n) is 1.80. The average molecular weight is 305 g/mol. The predicted octanol–water partition coefficient (Wildman–Crippen LogP) is 3.08. The highest BCUT2D eigenvalue weighted by Crippen LogP contribution is 2.20. The largest absolute Gasteiger partial charge is 0.465 e. The molecule has 1 N–H and O–H groups in total. The zero-order chi connectivity index (χ0) is 15.4.